The second-order valence-electron chi connectivity index (χ2n) is 4.65. The fourth-order valence-corrected chi connectivity index (χ4v) is 2.27. The van der Waals surface area contributed by atoms with Crippen LogP contribution in [0.5, 0.6) is 0 Å². The summed E-state index contributed by atoms with van der Waals surface area (Å²) in [5, 5.41) is 0. The Bertz CT molecular complexity index is 611. The van der Waals surface area contributed by atoms with Gasteiger partial charge in [0.1, 0.15) is 5.82 Å². The number of halogens is 1. The molecule has 0 aliphatic carbocycles. The minimum atomic E-state index is -0.457. The summed E-state index contributed by atoms with van der Waals surface area (Å²) in [5.41, 5.74) is 3.01. The largest absolute Gasteiger partial charge is 0.288 e. The topological polar surface area (TPSA) is 30.0 Å². The van der Waals surface area contributed by atoms with E-state index >= 15 is 0 Å². The second-order valence-corrected chi connectivity index (χ2v) is 4.65. The number of hydrogen-bond donors (Lipinski definition) is 0. The van der Waals surface area contributed by atoms with Gasteiger partial charge in [0.25, 0.3) is 0 Å². The number of carbonyl (C=O) groups excluding carboxylic acids is 1. The molecule has 0 N–H and O–H groups in total. The van der Waals surface area contributed by atoms with Crippen molar-refractivity contribution in [3.63, 3.8) is 0 Å². The van der Waals surface area contributed by atoms with Crippen LogP contribution in [0.4, 0.5) is 4.39 Å². The predicted octanol–water partition coefficient (Wildman–Crippen LogP) is 3.63. The fourth-order valence-electron chi connectivity index (χ4n) is 2.27. The molecule has 1 heterocycles. The van der Waals surface area contributed by atoms with E-state index in [0.717, 1.165) is 11.1 Å². The van der Waals surface area contributed by atoms with Gasteiger partial charge < -0.3 is 0 Å². The molecule has 0 fully saturated rings. The SMILES string of the molecule is CCc1cnccc1C(=O)c1c(C)cc(C)cc1F. The Hall–Kier alpha value is -2.03. The van der Waals surface area contributed by atoms with Crippen LogP contribution in [0.25, 0.3) is 0 Å². The van der Waals surface area contributed by atoms with Crippen LogP contribution in [0, 0.1) is 19.7 Å². The van der Waals surface area contributed by atoms with Crippen molar-refractivity contribution in [2.24, 2.45) is 0 Å². The lowest BCUT2D eigenvalue weighted by Gasteiger charge is -2.10. The Morgan fingerprint density at radius 1 is 1.32 bits per heavy atom. The lowest BCUT2D eigenvalue weighted by atomic mass is 9.94. The van der Waals surface area contributed by atoms with E-state index in [-0.39, 0.29) is 11.3 Å². The summed E-state index contributed by atoms with van der Waals surface area (Å²) in [7, 11) is 0. The van der Waals surface area contributed by atoms with Crippen LogP contribution in [-0.2, 0) is 6.42 Å². The summed E-state index contributed by atoms with van der Waals surface area (Å²) in [6, 6.07) is 4.87. The quantitative estimate of drug-likeness (QED) is 0.786. The maximum absolute atomic E-state index is 14.0. The van der Waals surface area contributed by atoms with E-state index in [2.05, 4.69) is 4.98 Å². The summed E-state index contributed by atoms with van der Waals surface area (Å²) in [6.07, 6.45) is 3.92. The van der Waals surface area contributed by atoms with Gasteiger partial charge in [-0.25, -0.2) is 4.39 Å². The van der Waals surface area contributed by atoms with E-state index in [1.165, 1.54) is 6.07 Å². The van der Waals surface area contributed by atoms with Gasteiger partial charge in [-0.15, -0.1) is 0 Å². The molecule has 0 atom stereocenters. The van der Waals surface area contributed by atoms with Crippen LogP contribution in [0.1, 0.15) is 39.5 Å². The van der Waals surface area contributed by atoms with Crippen LogP contribution in [-0.4, -0.2) is 10.8 Å². The van der Waals surface area contributed by atoms with Gasteiger partial charge in [-0.3, -0.25) is 9.78 Å². The summed E-state index contributed by atoms with van der Waals surface area (Å²) in [6.45, 7) is 5.52. The van der Waals surface area contributed by atoms with Crippen molar-refractivity contribution in [1.82, 2.24) is 4.98 Å². The second kappa shape index (κ2) is 5.31. The highest BCUT2D eigenvalue weighted by Crippen LogP contribution is 2.21. The third-order valence-electron chi connectivity index (χ3n) is 3.19. The van der Waals surface area contributed by atoms with Crippen molar-refractivity contribution in [2.45, 2.75) is 27.2 Å². The maximum atomic E-state index is 14.0. The summed E-state index contributed by atoms with van der Waals surface area (Å²) >= 11 is 0. The molecule has 2 rings (SSSR count). The predicted molar refractivity (Wildman–Crippen MR) is 72.9 cm³/mol. The molecule has 0 bridgehead atoms. The fraction of sp³-hybridized carbons (Fsp3) is 0.250. The number of pyridine rings is 1. The van der Waals surface area contributed by atoms with Crippen LogP contribution in [0.3, 0.4) is 0 Å². The Kier molecular flexibility index (Phi) is 3.74. The summed E-state index contributed by atoms with van der Waals surface area (Å²) in [4.78, 5) is 16.5. The molecule has 1 aromatic heterocycles. The van der Waals surface area contributed by atoms with E-state index in [9.17, 15) is 9.18 Å². The molecular formula is C16H16FNO. The van der Waals surface area contributed by atoms with Gasteiger partial charge in [-0.1, -0.05) is 13.0 Å². The zero-order valence-electron chi connectivity index (χ0n) is 11.3. The molecule has 2 aromatic rings. The van der Waals surface area contributed by atoms with Crippen LogP contribution in [0.15, 0.2) is 30.6 Å². The highest BCUT2D eigenvalue weighted by molar-refractivity contribution is 6.10. The molecule has 0 unspecified atom stereocenters. The Balaban J connectivity index is 2.57. The minimum absolute atomic E-state index is 0.159. The van der Waals surface area contributed by atoms with Crippen molar-refractivity contribution in [1.29, 1.82) is 0 Å². The van der Waals surface area contributed by atoms with Crippen molar-refractivity contribution in [3.05, 3.63) is 64.2 Å². The van der Waals surface area contributed by atoms with E-state index < -0.39 is 5.82 Å². The lowest BCUT2D eigenvalue weighted by molar-refractivity contribution is 0.103. The van der Waals surface area contributed by atoms with Crippen LogP contribution >= 0.6 is 0 Å². The average Bonchev–Trinajstić information content (AvgIpc) is 2.37. The smallest absolute Gasteiger partial charge is 0.196 e. The van der Waals surface area contributed by atoms with E-state index in [1.54, 1.807) is 25.4 Å². The van der Waals surface area contributed by atoms with Crippen molar-refractivity contribution in [3.8, 4) is 0 Å². The van der Waals surface area contributed by atoms with Gasteiger partial charge in [-0.05, 0) is 49.1 Å². The van der Waals surface area contributed by atoms with Gasteiger partial charge in [0.2, 0.25) is 0 Å². The van der Waals surface area contributed by atoms with Gasteiger partial charge in [0.15, 0.2) is 5.78 Å². The first-order valence-electron chi connectivity index (χ1n) is 6.29. The first-order chi connectivity index (χ1) is 9.04. The minimum Gasteiger partial charge on any atom is -0.288 e. The molecule has 1 aromatic carbocycles. The molecule has 0 aliphatic rings. The maximum Gasteiger partial charge on any atom is 0.196 e. The molecule has 0 radical (unpaired) electrons. The van der Waals surface area contributed by atoms with E-state index in [0.29, 0.717) is 17.5 Å². The molecule has 0 amide bonds. The average molecular weight is 257 g/mol. The Morgan fingerprint density at radius 3 is 2.68 bits per heavy atom. The van der Waals surface area contributed by atoms with Crippen molar-refractivity contribution < 1.29 is 9.18 Å². The number of hydrogen-bond acceptors (Lipinski definition) is 2. The summed E-state index contributed by atoms with van der Waals surface area (Å²) < 4.78 is 14.0. The highest BCUT2D eigenvalue weighted by Gasteiger charge is 2.19. The molecule has 0 saturated carbocycles. The molecule has 0 saturated heterocycles. The number of nitrogens with zero attached hydrogens (tertiary/aromatic N) is 1. The highest BCUT2D eigenvalue weighted by atomic mass is 19.1. The molecule has 0 spiro atoms. The zero-order valence-corrected chi connectivity index (χ0v) is 11.3. The van der Waals surface area contributed by atoms with Crippen molar-refractivity contribution in [2.75, 3.05) is 0 Å². The summed E-state index contributed by atoms with van der Waals surface area (Å²) in [5.74, 6) is -0.726. The van der Waals surface area contributed by atoms with Gasteiger partial charge in [-0.2, -0.15) is 0 Å². The number of ketones is 1. The first-order valence-corrected chi connectivity index (χ1v) is 6.29. The Morgan fingerprint density at radius 2 is 2.05 bits per heavy atom. The zero-order chi connectivity index (χ0) is 14.0. The molecule has 19 heavy (non-hydrogen) atoms. The lowest BCUT2D eigenvalue weighted by Crippen LogP contribution is -2.10. The normalized spacial score (nSPS) is 10.5. The van der Waals surface area contributed by atoms with Gasteiger partial charge in [0.05, 0.1) is 5.56 Å². The van der Waals surface area contributed by atoms with E-state index in [1.807, 2.05) is 19.9 Å². The number of carbonyl (C=O) groups is 1. The standard InChI is InChI=1S/C16H16FNO/c1-4-12-9-18-6-5-13(12)16(19)15-11(3)7-10(2)8-14(15)17/h5-9H,4H2,1-3H3. The van der Waals surface area contributed by atoms with E-state index in [4.69, 9.17) is 0 Å². The molecule has 2 nitrogen and oxygen atoms in total. The third-order valence-corrected chi connectivity index (χ3v) is 3.19. The number of aromatic nitrogens is 1. The van der Waals surface area contributed by atoms with Crippen molar-refractivity contribution >= 4 is 5.78 Å². The van der Waals surface area contributed by atoms with Crippen LogP contribution in [0.2, 0.25) is 0 Å². The molecule has 98 valence electrons. The molecule has 0 aliphatic heterocycles. The third kappa shape index (κ3) is 2.55. The number of rotatable bonds is 3. The van der Waals surface area contributed by atoms with Gasteiger partial charge in [0, 0.05) is 18.0 Å². The first kappa shape index (κ1) is 13.4. The number of aryl methyl sites for hydroxylation is 3. The molecular weight excluding hydrogens is 241 g/mol. The Labute approximate surface area is 112 Å². The monoisotopic (exact) mass is 257 g/mol. The van der Waals surface area contributed by atoms with Gasteiger partial charge >= 0.3 is 0 Å². The molecule has 3 heteroatoms. The van der Waals surface area contributed by atoms with Crippen LogP contribution < -0.4 is 0 Å². The number of benzene rings is 1.